The Morgan fingerprint density at radius 2 is 0.953 bits per heavy atom. The number of hydrogen-bond acceptors (Lipinski definition) is 1. The molecule has 1 heteroatoms. The second-order valence-electron chi connectivity index (χ2n) is 11.3. The Hall–Kier alpha value is -5.66. The summed E-state index contributed by atoms with van der Waals surface area (Å²) in [6.45, 7) is 0. The number of ether oxygens (including phenoxy) is 1. The van der Waals surface area contributed by atoms with Crippen LogP contribution in [0.3, 0.4) is 0 Å². The van der Waals surface area contributed by atoms with E-state index in [0.717, 1.165) is 17.1 Å². The van der Waals surface area contributed by atoms with Crippen molar-refractivity contribution in [3.05, 3.63) is 158 Å². The third-order valence-electron chi connectivity index (χ3n) is 8.83. The number of para-hydroxylation sites is 1. The van der Waals surface area contributed by atoms with Gasteiger partial charge in [0.25, 0.3) is 0 Å². The van der Waals surface area contributed by atoms with Crippen LogP contribution in [0.25, 0.3) is 76.8 Å². The summed E-state index contributed by atoms with van der Waals surface area (Å²) in [5, 5.41) is 7.49. The van der Waals surface area contributed by atoms with Gasteiger partial charge in [-0.25, -0.2) is 0 Å². The van der Waals surface area contributed by atoms with Gasteiger partial charge in [-0.15, -0.1) is 0 Å². The second-order valence-corrected chi connectivity index (χ2v) is 11.3. The molecule has 1 aliphatic rings. The average molecular weight is 547 g/mol. The van der Waals surface area contributed by atoms with E-state index in [1.165, 1.54) is 71.3 Å². The molecule has 8 aromatic carbocycles. The van der Waals surface area contributed by atoms with Crippen molar-refractivity contribution in [2.45, 2.75) is 0 Å². The van der Waals surface area contributed by atoms with Crippen LogP contribution in [0.2, 0.25) is 0 Å². The van der Waals surface area contributed by atoms with E-state index in [0.29, 0.717) is 0 Å². The van der Waals surface area contributed by atoms with Crippen LogP contribution < -0.4 is 4.74 Å². The molecule has 0 aliphatic carbocycles. The summed E-state index contributed by atoms with van der Waals surface area (Å²) in [4.78, 5) is 0. The fourth-order valence-corrected chi connectivity index (χ4v) is 6.85. The van der Waals surface area contributed by atoms with Gasteiger partial charge in [0.05, 0.1) is 0 Å². The van der Waals surface area contributed by atoms with Gasteiger partial charge in [0.1, 0.15) is 11.5 Å². The van der Waals surface area contributed by atoms with Crippen molar-refractivity contribution in [2.24, 2.45) is 0 Å². The largest absolute Gasteiger partial charge is 0.456 e. The summed E-state index contributed by atoms with van der Waals surface area (Å²) >= 11 is 0. The summed E-state index contributed by atoms with van der Waals surface area (Å²) in [7, 11) is 0. The number of benzene rings is 8. The zero-order valence-corrected chi connectivity index (χ0v) is 23.4. The lowest BCUT2D eigenvalue weighted by molar-refractivity contribution is 0.487. The Morgan fingerprint density at radius 1 is 0.302 bits per heavy atom. The van der Waals surface area contributed by atoms with Crippen LogP contribution in [-0.4, -0.2) is 0 Å². The van der Waals surface area contributed by atoms with Crippen molar-refractivity contribution in [2.75, 3.05) is 0 Å². The van der Waals surface area contributed by atoms with Crippen LogP contribution in [0.5, 0.6) is 11.5 Å². The standard InChI is InChI=1S/C42H26O/c1-2-10-28(11-3-1)37-25-30-12-4-5-14-33(30)36-17-9-16-34(42(36)37)29-22-20-27(21-23-29)32-24-31-13-8-19-40-41(31)38(26-32)35-15-6-7-18-39(35)43-40/h1-26H. The van der Waals surface area contributed by atoms with Crippen molar-refractivity contribution in [3.8, 4) is 56.0 Å². The normalized spacial score (nSPS) is 11.9. The molecule has 1 nitrogen and oxygen atoms in total. The second kappa shape index (κ2) is 9.44. The van der Waals surface area contributed by atoms with Crippen LogP contribution in [0.1, 0.15) is 0 Å². The highest BCUT2D eigenvalue weighted by Crippen LogP contribution is 2.48. The molecule has 0 atom stereocenters. The van der Waals surface area contributed by atoms with Gasteiger partial charge in [0, 0.05) is 10.9 Å². The lowest BCUT2D eigenvalue weighted by atomic mass is 9.87. The van der Waals surface area contributed by atoms with Crippen molar-refractivity contribution in [1.82, 2.24) is 0 Å². The first kappa shape index (κ1) is 24.0. The van der Waals surface area contributed by atoms with Crippen molar-refractivity contribution < 1.29 is 4.74 Å². The molecule has 43 heavy (non-hydrogen) atoms. The Kier molecular flexibility index (Phi) is 5.27. The monoisotopic (exact) mass is 546 g/mol. The van der Waals surface area contributed by atoms with E-state index in [9.17, 15) is 0 Å². The highest BCUT2D eigenvalue weighted by Gasteiger charge is 2.21. The van der Waals surface area contributed by atoms with E-state index in [1.807, 2.05) is 6.07 Å². The molecule has 0 spiro atoms. The first-order valence-corrected chi connectivity index (χ1v) is 14.8. The molecule has 0 fully saturated rings. The van der Waals surface area contributed by atoms with Crippen LogP contribution in [0.4, 0.5) is 0 Å². The molecule has 1 heterocycles. The Morgan fingerprint density at radius 3 is 1.86 bits per heavy atom. The number of hydrogen-bond donors (Lipinski definition) is 0. The average Bonchev–Trinajstić information content (AvgIpc) is 3.08. The van der Waals surface area contributed by atoms with E-state index >= 15 is 0 Å². The van der Waals surface area contributed by atoms with Crippen molar-refractivity contribution in [3.63, 3.8) is 0 Å². The van der Waals surface area contributed by atoms with Gasteiger partial charge >= 0.3 is 0 Å². The smallest absolute Gasteiger partial charge is 0.135 e. The molecule has 0 N–H and O–H groups in total. The number of fused-ring (bicyclic) bond motifs is 5. The highest BCUT2D eigenvalue weighted by molar-refractivity contribution is 6.18. The Balaban J connectivity index is 1.22. The van der Waals surface area contributed by atoms with Crippen LogP contribution in [0, 0.1) is 0 Å². The van der Waals surface area contributed by atoms with Crippen LogP contribution in [0.15, 0.2) is 158 Å². The van der Waals surface area contributed by atoms with E-state index in [-0.39, 0.29) is 0 Å². The first-order chi connectivity index (χ1) is 21.3. The Bertz CT molecular complexity index is 2350. The predicted octanol–water partition coefficient (Wildman–Crippen LogP) is 11.9. The fraction of sp³-hybridized carbons (Fsp3) is 0. The summed E-state index contributed by atoms with van der Waals surface area (Å²) in [5.74, 6) is 1.83. The molecule has 0 saturated heterocycles. The molecular formula is C42H26O. The fourth-order valence-electron chi connectivity index (χ4n) is 6.85. The first-order valence-electron chi connectivity index (χ1n) is 14.8. The lowest BCUT2D eigenvalue weighted by Crippen LogP contribution is -1.97. The van der Waals surface area contributed by atoms with Gasteiger partial charge in [-0.1, -0.05) is 127 Å². The molecule has 9 rings (SSSR count). The van der Waals surface area contributed by atoms with Gasteiger partial charge in [-0.2, -0.15) is 0 Å². The molecule has 0 radical (unpaired) electrons. The van der Waals surface area contributed by atoms with E-state index in [1.54, 1.807) is 0 Å². The highest BCUT2D eigenvalue weighted by atomic mass is 16.5. The topological polar surface area (TPSA) is 9.23 Å². The Labute approximate surface area is 250 Å². The molecule has 0 aromatic heterocycles. The van der Waals surface area contributed by atoms with Gasteiger partial charge in [0.15, 0.2) is 0 Å². The van der Waals surface area contributed by atoms with Gasteiger partial charge < -0.3 is 4.74 Å². The quantitative estimate of drug-likeness (QED) is 0.200. The predicted molar refractivity (Wildman–Crippen MR) is 181 cm³/mol. The maximum absolute atomic E-state index is 6.26. The summed E-state index contributed by atoms with van der Waals surface area (Å²) in [6.07, 6.45) is 0. The molecule has 0 saturated carbocycles. The maximum atomic E-state index is 6.26. The maximum Gasteiger partial charge on any atom is 0.135 e. The van der Waals surface area contributed by atoms with Crippen molar-refractivity contribution >= 4 is 32.3 Å². The zero-order valence-electron chi connectivity index (χ0n) is 23.4. The van der Waals surface area contributed by atoms with Crippen LogP contribution >= 0.6 is 0 Å². The molecule has 8 aromatic rings. The molecular weight excluding hydrogens is 520 g/mol. The van der Waals surface area contributed by atoms with Crippen LogP contribution in [-0.2, 0) is 0 Å². The third-order valence-corrected chi connectivity index (χ3v) is 8.83. The minimum atomic E-state index is 0.910. The molecule has 1 aliphatic heterocycles. The summed E-state index contributed by atoms with van der Waals surface area (Å²) in [5.41, 5.74) is 9.73. The number of rotatable bonds is 3. The van der Waals surface area contributed by atoms with E-state index < -0.39 is 0 Å². The lowest BCUT2D eigenvalue weighted by Gasteiger charge is -2.22. The molecule has 0 amide bonds. The molecule has 200 valence electrons. The summed E-state index contributed by atoms with van der Waals surface area (Å²) < 4.78 is 6.26. The van der Waals surface area contributed by atoms with E-state index in [2.05, 4.69) is 152 Å². The van der Waals surface area contributed by atoms with Crippen molar-refractivity contribution in [1.29, 1.82) is 0 Å². The molecule has 0 unspecified atom stereocenters. The van der Waals surface area contributed by atoms with Gasteiger partial charge in [-0.3, -0.25) is 0 Å². The van der Waals surface area contributed by atoms with Gasteiger partial charge in [-0.05, 0) is 96.2 Å². The zero-order chi connectivity index (χ0) is 28.3. The minimum Gasteiger partial charge on any atom is -0.456 e. The third kappa shape index (κ3) is 3.79. The minimum absolute atomic E-state index is 0.910. The van der Waals surface area contributed by atoms with E-state index in [4.69, 9.17) is 4.74 Å². The molecule has 0 bridgehead atoms. The van der Waals surface area contributed by atoms with Gasteiger partial charge in [0.2, 0.25) is 0 Å². The summed E-state index contributed by atoms with van der Waals surface area (Å²) in [6, 6.07) is 56.9. The SMILES string of the molecule is c1ccc(-c2cc3ccccc3c3cccc(-c4ccc(-c5cc6c7c(cccc7c5)Oc5ccccc5-6)cc4)c23)cc1.